The molecule has 0 fully saturated rings. The first kappa shape index (κ1) is 13.5. The van der Waals surface area contributed by atoms with E-state index in [1.54, 1.807) is 17.5 Å². The van der Waals surface area contributed by atoms with E-state index >= 15 is 0 Å². The number of aromatic nitrogens is 3. The Morgan fingerprint density at radius 1 is 1.61 bits per heavy atom. The highest BCUT2D eigenvalue weighted by Crippen LogP contribution is 2.31. The molecular weight excluding hydrogens is 270 g/mol. The molecule has 1 unspecified atom stereocenters. The van der Waals surface area contributed by atoms with Gasteiger partial charge in [0.15, 0.2) is 0 Å². The molecule has 0 amide bonds. The fourth-order valence-corrected chi connectivity index (χ4v) is 3.03. The van der Waals surface area contributed by atoms with Gasteiger partial charge in [-0.05, 0) is 13.3 Å². The minimum Gasteiger partial charge on any atom is -0.270 e. The molecule has 5 nitrogen and oxygen atoms in total. The molecule has 1 atom stereocenters. The summed E-state index contributed by atoms with van der Waals surface area (Å²) in [4.78, 5) is 5.32. The third-order valence-electron chi connectivity index (χ3n) is 2.75. The van der Waals surface area contributed by atoms with Crippen LogP contribution in [0.15, 0.2) is 11.7 Å². The summed E-state index contributed by atoms with van der Waals surface area (Å²) < 4.78 is 1.89. The van der Waals surface area contributed by atoms with Gasteiger partial charge in [-0.15, -0.1) is 11.3 Å². The Labute approximate surface area is 115 Å². The van der Waals surface area contributed by atoms with E-state index < -0.39 is 0 Å². The maximum atomic E-state index is 6.23. The molecule has 0 bridgehead atoms. The molecule has 3 N–H and O–H groups in total. The normalized spacial score (nSPS) is 12.9. The van der Waals surface area contributed by atoms with Crippen LogP contribution in [-0.4, -0.2) is 14.8 Å². The van der Waals surface area contributed by atoms with Crippen molar-refractivity contribution in [3.63, 3.8) is 0 Å². The van der Waals surface area contributed by atoms with Crippen molar-refractivity contribution in [1.29, 1.82) is 0 Å². The number of hydrogen-bond donors (Lipinski definition) is 2. The highest BCUT2D eigenvalue weighted by atomic mass is 35.5. The summed E-state index contributed by atoms with van der Waals surface area (Å²) in [6, 6.07) is -0.168. The van der Waals surface area contributed by atoms with Crippen LogP contribution in [0.3, 0.4) is 0 Å². The zero-order chi connectivity index (χ0) is 13.1. The topological polar surface area (TPSA) is 68.8 Å². The van der Waals surface area contributed by atoms with Gasteiger partial charge in [-0.2, -0.15) is 5.10 Å². The second kappa shape index (κ2) is 5.79. The lowest BCUT2D eigenvalue weighted by Crippen LogP contribution is -2.31. The van der Waals surface area contributed by atoms with Crippen LogP contribution < -0.4 is 11.3 Å². The maximum absolute atomic E-state index is 6.23. The van der Waals surface area contributed by atoms with E-state index in [2.05, 4.69) is 22.4 Å². The van der Waals surface area contributed by atoms with Crippen LogP contribution in [0.5, 0.6) is 0 Å². The van der Waals surface area contributed by atoms with Crippen molar-refractivity contribution in [2.45, 2.75) is 32.9 Å². The summed E-state index contributed by atoms with van der Waals surface area (Å²) in [5.74, 6) is 5.69. The summed E-state index contributed by atoms with van der Waals surface area (Å²) in [7, 11) is 0. The molecule has 0 aliphatic heterocycles. The Bertz CT molecular complexity index is 521. The molecule has 0 aromatic carbocycles. The fourth-order valence-electron chi connectivity index (χ4n) is 1.92. The van der Waals surface area contributed by atoms with Gasteiger partial charge >= 0.3 is 0 Å². The number of aryl methyl sites for hydroxylation is 2. The summed E-state index contributed by atoms with van der Waals surface area (Å²) in [5.41, 5.74) is 6.48. The molecule has 0 radical (unpaired) electrons. The molecule has 18 heavy (non-hydrogen) atoms. The van der Waals surface area contributed by atoms with E-state index in [4.69, 9.17) is 17.4 Å². The highest BCUT2D eigenvalue weighted by molar-refractivity contribution is 7.09. The Morgan fingerprint density at radius 3 is 2.94 bits per heavy atom. The number of nitrogens with zero attached hydrogens (tertiary/aromatic N) is 3. The van der Waals surface area contributed by atoms with E-state index in [9.17, 15) is 0 Å². The Balaban J connectivity index is 2.45. The smallest absolute Gasteiger partial charge is 0.100 e. The third kappa shape index (κ3) is 2.42. The second-order valence-corrected chi connectivity index (χ2v) is 5.30. The summed E-state index contributed by atoms with van der Waals surface area (Å²) in [5, 5.41) is 4.91. The number of halogens is 1. The van der Waals surface area contributed by atoms with Crippen LogP contribution in [0, 0.1) is 6.92 Å². The molecule has 0 aliphatic rings. The molecule has 0 spiro atoms. The van der Waals surface area contributed by atoms with Gasteiger partial charge in [0.1, 0.15) is 6.04 Å². The average Bonchev–Trinajstić information content (AvgIpc) is 2.91. The lowest BCUT2D eigenvalue weighted by atomic mass is 10.1. The number of nitrogens with two attached hydrogens (primary N) is 1. The molecule has 7 heteroatoms. The molecule has 0 saturated carbocycles. The summed E-state index contributed by atoms with van der Waals surface area (Å²) in [6.45, 7) is 4.88. The van der Waals surface area contributed by atoms with E-state index in [1.165, 1.54) is 0 Å². The molecule has 2 aromatic heterocycles. The SMILES string of the molecule is CCCn1ncc(Cl)c1C(NN)c1scnc1C. The van der Waals surface area contributed by atoms with Crippen molar-refractivity contribution >= 4 is 22.9 Å². The summed E-state index contributed by atoms with van der Waals surface area (Å²) in [6.07, 6.45) is 2.65. The first-order valence-electron chi connectivity index (χ1n) is 5.76. The zero-order valence-electron chi connectivity index (χ0n) is 10.4. The van der Waals surface area contributed by atoms with Crippen molar-refractivity contribution in [3.05, 3.63) is 33.0 Å². The van der Waals surface area contributed by atoms with Gasteiger partial charge in [-0.1, -0.05) is 18.5 Å². The fraction of sp³-hybridized carbons (Fsp3) is 0.455. The Hall–Kier alpha value is -0.950. The average molecular weight is 286 g/mol. The number of hydrogen-bond acceptors (Lipinski definition) is 5. The van der Waals surface area contributed by atoms with Gasteiger partial charge in [0, 0.05) is 6.54 Å². The molecule has 98 valence electrons. The Kier molecular flexibility index (Phi) is 4.34. The molecule has 0 saturated heterocycles. The van der Waals surface area contributed by atoms with Gasteiger partial charge in [0.25, 0.3) is 0 Å². The van der Waals surface area contributed by atoms with E-state index in [-0.39, 0.29) is 6.04 Å². The maximum Gasteiger partial charge on any atom is 0.100 e. The van der Waals surface area contributed by atoms with Crippen molar-refractivity contribution < 1.29 is 0 Å². The van der Waals surface area contributed by atoms with Gasteiger partial charge in [0.2, 0.25) is 0 Å². The van der Waals surface area contributed by atoms with Crippen molar-refractivity contribution in [1.82, 2.24) is 20.2 Å². The van der Waals surface area contributed by atoms with Crippen molar-refractivity contribution in [2.24, 2.45) is 5.84 Å². The quantitative estimate of drug-likeness (QED) is 0.653. The molecule has 2 heterocycles. The van der Waals surface area contributed by atoms with Gasteiger partial charge < -0.3 is 0 Å². The predicted octanol–water partition coefficient (Wildman–Crippen LogP) is 2.26. The molecule has 2 aromatic rings. The van der Waals surface area contributed by atoms with Crippen molar-refractivity contribution in [2.75, 3.05) is 0 Å². The second-order valence-electron chi connectivity index (χ2n) is 4.00. The number of rotatable bonds is 5. The number of thiazole rings is 1. The van der Waals surface area contributed by atoms with E-state index in [1.807, 2.05) is 17.1 Å². The molecular formula is C11H16ClN5S. The monoisotopic (exact) mass is 285 g/mol. The number of hydrazine groups is 1. The molecule has 2 rings (SSSR count). The van der Waals surface area contributed by atoms with Gasteiger partial charge in [-0.25, -0.2) is 10.4 Å². The summed E-state index contributed by atoms with van der Waals surface area (Å²) >= 11 is 7.79. The standard InChI is InChI=1S/C11H16ClN5S/c1-3-4-17-10(8(12)5-15-17)9(16-13)11-7(2)14-6-18-11/h5-6,9,16H,3-4,13H2,1-2H3. The first-order valence-corrected chi connectivity index (χ1v) is 7.02. The Morgan fingerprint density at radius 2 is 2.39 bits per heavy atom. The van der Waals surface area contributed by atoms with Crippen molar-refractivity contribution in [3.8, 4) is 0 Å². The van der Waals surface area contributed by atoms with Gasteiger partial charge in [0.05, 0.1) is 33.0 Å². The first-order chi connectivity index (χ1) is 8.69. The van der Waals surface area contributed by atoms with Crippen LogP contribution in [0.25, 0.3) is 0 Å². The number of nitrogens with one attached hydrogen (secondary N) is 1. The van der Waals surface area contributed by atoms with E-state index in [0.717, 1.165) is 29.2 Å². The van der Waals surface area contributed by atoms with Crippen LogP contribution in [-0.2, 0) is 6.54 Å². The third-order valence-corrected chi connectivity index (χ3v) is 4.04. The molecule has 0 aliphatic carbocycles. The largest absolute Gasteiger partial charge is 0.270 e. The lowest BCUT2D eigenvalue weighted by Gasteiger charge is -2.17. The van der Waals surface area contributed by atoms with E-state index in [0.29, 0.717) is 5.02 Å². The lowest BCUT2D eigenvalue weighted by molar-refractivity contribution is 0.523. The minimum atomic E-state index is -0.168. The van der Waals surface area contributed by atoms with Crippen LogP contribution >= 0.6 is 22.9 Å². The minimum absolute atomic E-state index is 0.168. The predicted molar refractivity (Wildman–Crippen MR) is 73.5 cm³/mol. The van der Waals surface area contributed by atoms with Crippen LogP contribution in [0.2, 0.25) is 5.02 Å². The van der Waals surface area contributed by atoms with Crippen LogP contribution in [0.1, 0.15) is 35.7 Å². The van der Waals surface area contributed by atoms with Gasteiger partial charge in [-0.3, -0.25) is 10.5 Å². The van der Waals surface area contributed by atoms with Crippen LogP contribution in [0.4, 0.5) is 0 Å². The zero-order valence-corrected chi connectivity index (χ0v) is 11.9. The highest BCUT2D eigenvalue weighted by Gasteiger charge is 2.23.